The molecule has 0 spiro atoms. The topological polar surface area (TPSA) is 60.1 Å². The molecule has 5 rings (SSSR count). The van der Waals surface area contributed by atoms with Gasteiger partial charge in [0.05, 0.1) is 11.0 Å². The van der Waals surface area contributed by atoms with Crippen molar-refractivity contribution in [2.24, 2.45) is 18.9 Å². The van der Waals surface area contributed by atoms with Gasteiger partial charge in [0.25, 0.3) is 11.5 Å². The highest BCUT2D eigenvalue weighted by atomic mass is 16.2. The lowest BCUT2D eigenvalue weighted by Crippen LogP contribution is -2.51. The van der Waals surface area contributed by atoms with E-state index >= 15 is 0 Å². The lowest BCUT2D eigenvalue weighted by molar-refractivity contribution is 0.0499. The Morgan fingerprint density at radius 2 is 1.94 bits per heavy atom. The monoisotopic (exact) mass is 418 g/mol. The number of fused-ring (bicyclic) bond motifs is 5. The number of pyridine rings is 1. The van der Waals surface area contributed by atoms with E-state index in [0.29, 0.717) is 30.7 Å². The quantitative estimate of drug-likeness (QED) is 0.644. The molecule has 0 aliphatic carbocycles. The van der Waals surface area contributed by atoms with Crippen LogP contribution < -0.4 is 5.56 Å². The number of hydrogen-bond acceptors (Lipinski definition) is 3. The van der Waals surface area contributed by atoms with E-state index in [1.807, 2.05) is 51.4 Å². The van der Waals surface area contributed by atoms with Gasteiger partial charge in [-0.2, -0.15) is 0 Å². The lowest BCUT2D eigenvalue weighted by atomic mass is 9.76. The fourth-order valence-corrected chi connectivity index (χ4v) is 5.56. The van der Waals surface area contributed by atoms with Crippen LogP contribution in [-0.2, 0) is 7.05 Å². The molecule has 6 heteroatoms. The van der Waals surface area contributed by atoms with Gasteiger partial charge in [-0.3, -0.25) is 9.59 Å². The van der Waals surface area contributed by atoms with Crippen LogP contribution in [0.4, 0.5) is 0 Å². The number of hydrogen-bond donors (Lipinski definition) is 0. The molecule has 0 N–H and O–H groups in total. The van der Waals surface area contributed by atoms with Crippen LogP contribution in [-0.4, -0.2) is 38.0 Å². The van der Waals surface area contributed by atoms with Gasteiger partial charge < -0.3 is 14.0 Å². The number of likely N-dealkylation sites (tertiary alicyclic amines) is 1. The Labute approximate surface area is 182 Å². The third-order valence-electron chi connectivity index (χ3n) is 7.10. The first-order valence-corrected chi connectivity index (χ1v) is 11.4. The number of carbonyl (C=O) groups is 1. The molecule has 162 valence electrons. The van der Waals surface area contributed by atoms with Crippen LogP contribution in [0.2, 0.25) is 0 Å². The number of aryl methyl sites for hydroxylation is 1. The van der Waals surface area contributed by atoms with Crippen molar-refractivity contribution >= 4 is 16.9 Å². The van der Waals surface area contributed by atoms with Crippen LogP contribution in [0.1, 0.15) is 61.4 Å². The zero-order chi connectivity index (χ0) is 21.7. The van der Waals surface area contributed by atoms with Gasteiger partial charge in [-0.05, 0) is 49.3 Å². The van der Waals surface area contributed by atoms with E-state index in [2.05, 4.69) is 24.9 Å². The van der Waals surface area contributed by atoms with Crippen molar-refractivity contribution in [2.75, 3.05) is 13.1 Å². The first kappa shape index (κ1) is 20.0. The number of aromatic nitrogens is 3. The molecule has 2 aliphatic heterocycles. The molecule has 0 unspecified atom stereocenters. The zero-order valence-corrected chi connectivity index (χ0v) is 18.5. The maximum Gasteiger partial charge on any atom is 0.289 e. The third-order valence-corrected chi connectivity index (χ3v) is 7.10. The van der Waals surface area contributed by atoms with Gasteiger partial charge in [0, 0.05) is 43.9 Å². The number of amides is 1. The van der Waals surface area contributed by atoms with Crippen LogP contribution in [0.25, 0.3) is 11.0 Å². The van der Waals surface area contributed by atoms with Crippen molar-refractivity contribution in [1.29, 1.82) is 0 Å². The fraction of sp³-hybridized carbons (Fsp3) is 0.480. The highest BCUT2D eigenvalue weighted by Gasteiger charge is 2.42. The molecule has 2 bridgehead atoms. The van der Waals surface area contributed by atoms with Crippen LogP contribution in [0.15, 0.2) is 47.3 Å². The Balaban J connectivity index is 1.50. The van der Waals surface area contributed by atoms with Gasteiger partial charge in [0.1, 0.15) is 0 Å². The third kappa shape index (κ3) is 3.38. The van der Waals surface area contributed by atoms with Crippen molar-refractivity contribution in [3.8, 4) is 0 Å². The van der Waals surface area contributed by atoms with E-state index in [0.717, 1.165) is 36.0 Å². The standard InChI is InChI=1S/C25H30N4O2/c1-16(2)11-12-21-18-13-17(20-9-6-10-23(30)29(20)21)14-28(15-18)25(31)24-26-19-7-4-5-8-22(19)27(24)3/h4-10,16-18,21H,11-15H2,1-3H3/t17-,18+,21+/m1/s1. The van der Waals surface area contributed by atoms with E-state index < -0.39 is 0 Å². The molecule has 1 fully saturated rings. The Morgan fingerprint density at radius 1 is 1.13 bits per heavy atom. The summed E-state index contributed by atoms with van der Waals surface area (Å²) in [5.74, 6) is 1.56. The summed E-state index contributed by atoms with van der Waals surface area (Å²) in [5.41, 5.74) is 2.99. The second kappa shape index (κ2) is 7.66. The second-order valence-corrected chi connectivity index (χ2v) is 9.58. The van der Waals surface area contributed by atoms with Crippen LogP contribution >= 0.6 is 0 Å². The Kier molecular flexibility index (Phi) is 4.95. The van der Waals surface area contributed by atoms with Gasteiger partial charge in [0.15, 0.2) is 5.82 Å². The van der Waals surface area contributed by atoms with Crippen molar-refractivity contribution in [1.82, 2.24) is 19.0 Å². The predicted molar refractivity (Wildman–Crippen MR) is 121 cm³/mol. The number of imidazole rings is 1. The molecular weight excluding hydrogens is 388 g/mol. The average molecular weight is 419 g/mol. The van der Waals surface area contributed by atoms with Gasteiger partial charge in [-0.1, -0.05) is 32.0 Å². The van der Waals surface area contributed by atoms with E-state index in [1.54, 1.807) is 6.07 Å². The average Bonchev–Trinajstić information content (AvgIpc) is 3.10. The van der Waals surface area contributed by atoms with Crippen LogP contribution in [0.5, 0.6) is 0 Å². The molecule has 1 aromatic carbocycles. The maximum absolute atomic E-state index is 13.5. The minimum absolute atomic E-state index is 0.0114. The molecular formula is C25H30N4O2. The van der Waals surface area contributed by atoms with E-state index in [-0.39, 0.29) is 23.4 Å². The molecule has 3 aromatic rings. The first-order chi connectivity index (χ1) is 14.9. The molecule has 0 radical (unpaired) electrons. The zero-order valence-electron chi connectivity index (χ0n) is 18.5. The molecule has 6 nitrogen and oxygen atoms in total. The predicted octanol–water partition coefficient (Wildman–Crippen LogP) is 3.97. The van der Waals surface area contributed by atoms with E-state index in [9.17, 15) is 9.59 Å². The molecule has 2 aromatic heterocycles. The molecule has 3 atom stereocenters. The Hall–Kier alpha value is -2.89. The normalized spacial score (nSPS) is 22.7. The Morgan fingerprint density at radius 3 is 2.71 bits per heavy atom. The lowest BCUT2D eigenvalue weighted by Gasteiger charge is -2.47. The summed E-state index contributed by atoms with van der Waals surface area (Å²) in [6, 6.07) is 13.6. The highest BCUT2D eigenvalue weighted by Crippen LogP contribution is 2.43. The second-order valence-electron chi connectivity index (χ2n) is 9.58. The van der Waals surface area contributed by atoms with Crippen molar-refractivity contribution in [3.63, 3.8) is 0 Å². The van der Waals surface area contributed by atoms with Gasteiger partial charge in [-0.15, -0.1) is 0 Å². The molecule has 4 heterocycles. The van der Waals surface area contributed by atoms with Crippen molar-refractivity contribution in [2.45, 2.75) is 45.1 Å². The highest BCUT2D eigenvalue weighted by molar-refractivity contribution is 5.95. The smallest absolute Gasteiger partial charge is 0.289 e. The summed E-state index contributed by atoms with van der Waals surface area (Å²) in [7, 11) is 1.91. The van der Waals surface area contributed by atoms with Gasteiger partial charge >= 0.3 is 0 Å². The van der Waals surface area contributed by atoms with E-state index in [1.165, 1.54) is 0 Å². The number of benzene rings is 1. The number of piperidine rings is 1. The summed E-state index contributed by atoms with van der Waals surface area (Å²) in [6.07, 6.45) is 3.09. The number of para-hydroxylation sites is 2. The van der Waals surface area contributed by atoms with Gasteiger partial charge in [-0.25, -0.2) is 4.98 Å². The number of nitrogens with zero attached hydrogens (tertiary/aromatic N) is 4. The maximum atomic E-state index is 13.5. The Bertz CT molecular complexity index is 1190. The minimum atomic E-state index is -0.0114. The molecule has 1 amide bonds. The largest absolute Gasteiger partial charge is 0.335 e. The SMILES string of the molecule is CC(C)CC[C@H]1[C@H]2C[C@H](CN(C(=O)c3nc4ccccc4n3C)C2)c2cccc(=O)n21. The summed E-state index contributed by atoms with van der Waals surface area (Å²) >= 11 is 0. The van der Waals surface area contributed by atoms with E-state index in [4.69, 9.17) is 0 Å². The molecule has 2 aliphatic rings. The summed E-state index contributed by atoms with van der Waals surface area (Å²) < 4.78 is 3.94. The van der Waals surface area contributed by atoms with Crippen LogP contribution in [0.3, 0.4) is 0 Å². The first-order valence-electron chi connectivity index (χ1n) is 11.4. The number of rotatable bonds is 4. The molecule has 1 saturated heterocycles. The molecule has 0 saturated carbocycles. The summed E-state index contributed by atoms with van der Waals surface area (Å²) in [4.78, 5) is 33.0. The molecule has 31 heavy (non-hydrogen) atoms. The van der Waals surface area contributed by atoms with Crippen LogP contribution in [0, 0.1) is 11.8 Å². The minimum Gasteiger partial charge on any atom is -0.335 e. The van der Waals surface area contributed by atoms with Crippen molar-refractivity contribution < 1.29 is 4.79 Å². The van der Waals surface area contributed by atoms with Gasteiger partial charge in [0.2, 0.25) is 0 Å². The number of carbonyl (C=O) groups excluding carboxylic acids is 1. The summed E-state index contributed by atoms with van der Waals surface area (Å²) in [5, 5.41) is 0. The van der Waals surface area contributed by atoms with Crippen molar-refractivity contribution in [3.05, 3.63) is 64.3 Å². The summed E-state index contributed by atoms with van der Waals surface area (Å²) in [6.45, 7) is 5.77. The fourth-order valence-electron chi connectivity index (χ4n) is 5.56.